The molecule has 0 fully saturated rings. The lowest BCUT2D eigenvalue weighted by atomic mass is 10.1. The summed E-state index contributed by atoms with van der Waals surface area (Å²) in [6, 6.07) is 11.4. The van der Waals surface area contributed by atoms with Crippen LogP contribution in [0.3, 0.4) is 0 Å². The molecule has 1 unspecified atom stereocenters. The summed E-state index contributed by atoms with van der Waals surface area (Å²) in [5.41, 5.74) is 1.85. The maximum atomic E-state index is 11.9. The molecule has 2 rings (SSSR count). The fraction of sp³-hybridized carbons (Fsp3) is 0.538. The smallest absolute Gasteiger partial charge is 0.314 e. The molecular formula is C26H37NO3. The number of hydrogen-bond donors (Lipinski definition) is 0. The number of esters is 1. The zero-order chi connectivity index (χ0) is 21.6. The molecule has 0 bridgehead atoms. The number of unbranched alkanes of at least 4 members (excludes halogenated alkanes) is 7. The zero-order valence-electron chi connectivity index (χ0n) is 18.9. The highest BCUT2D eigenvalue weighted by Crippen LogP contribution is 2.23. The Bertz CT molecular complexity index is 725. The number of hydrogen-bond acceptors (Lipinski definition) is 4. The lowest BCUT2D eigenvalue weighted by molar-refractivity contribution is -0.138. The van der Waals surface area contributed by atoms with Gasteiger partial charge in [-0.2, -0.15) is 0 Å². The van der Waals surface area contributed by atoms with E-state index in [0.717, 1.165) is 36.5 Å². The summed E-state index contributed by atoms with van der Waals surface area (Å²) < 4.78 is 11.2. The molecule has 0 saturated carbocycles. The third-order valence-corrected chi connectivity index (χ3v) is 5.39. The first-order valence-electron chi connectivity index (χ1n) is 11.5. The minimum atomic E-state index is -0.193. The van der Waals surface area contributed by atoms with Crippen LogP contribution in [0.2, 0.25) is 0 Å². The number of carbonyl (C=O) groups excluding carboxylic acids is 1. The van der Waals surface area contributed by atoms with Crippen molar-refractivity contribution in [1.82, 2.24) is 4.98 Å². The lowest BCUT2D eigenvalue weighted by Crippen LogP contribution is -2.16. The SMILES string of the molecule is CCCCCCCCCCOc1ccc(-c2ccc(OC(=O)C(C)CC)cc2)nc1. The Morgan fingerprint density at radius 1 is 0.867 bits per heavy atom. The van der Waals surface area contributed by atoms with Gasteiger partial charge in [-0.1, -0.05) is 65.7 Å². The normalized spacial score (nSPS) is 11.8. The van der Waals surface area contributed by atoms with Crippen LogP contribution in [-0.2, 0) is 4.79 Å². The van der Waals surface area contributed by atoms with Crippen LogP contribution in [0.1, 0.15) is 78.6 Å². The Labute approximate surface area is 182 Å². The van der Waals surface area contributed by atoms with E-state index >= 15 is 0 Å². The van der Waals surface area contributed by atoms with E-state index in [1.807, 2.05) is 50.2 Å². The van der Waals surface area contributed by atoms with E-state index in [1.54, 1.807) is 6.20 Å². The predicted molar refractivity (Wildman–Crippen MR) is 123 cm³/mol. The van der Waals surface area contributed by atoms with Gasteiger partial charge in [0.2, 0.25) is 0 Å². The largest absolute Gasteiger partial charge is 0.492 e. The maximum absolute atomic E-state index is 11.9. The summed E-state index contributed by atoms with van der Waals surface area (Å²) in [6.45, 7) is 6.84. The Morgan fingerprint density at radius 3 is 2.10 bits per heavy atom. The first-order valence-corrected chi connectivity index (χ1v) is 11.5. The molecule has 0 N–H and O–H groups in total. The molecule has 1 heterocycles. The summed E-state index contributed by atoms with van der Waals surface area (Å²) in [6.07, 6.45) is 12.9. The average molecular weight is 412 g/mol. The number of aromatic nitrogens is 1. The molecule has 1 aromatic carbocycles. The highest BCUT2D eigenvalue weighted by atomic mass is 16.5. The van der Waals surface area contributed by atoms with E-state index in [0.29, 0.717) is 5.75 Å². The Hall–Kier alpha value is -2.36. The Kier molecular flexibility index (Phi) is 11.0. The molecule has 1 atom stereocenters. The molecule has 0 amide bonds. The van der Waals surface area contributed by atoms with E-state index in [-0.39, 0.29) is 11.9 Å². The van der Waals surface area contributed by atoms with Crippen LogP contribution in [0, 0.1) is 5.92 Å². The van der Waals surface area contributed by atoms with Crippen molar-refractivity contribution in [3.05, 3.63) is 42.6 Å². The quantitative estimate of drug-likeness (QED) is 0.187. The molecule has 1 aromatic heterocycles. The summed E-state index contributed by atoms with van der Waals surface area (Å²) in [4.78, 5) is 16.4. The van der Waals surface area contributed by atoms with E-state index < -0.39 is 0 Å². The van der Waals surface area contributed by atoms with E-state index in [9.17, 15) is 4.79 Å². The molecule has 4 heteroatoms. The van der Waals surface area contributed by atoms with Crippen LogP contribution in [0.4, 0.5) is 0 Å². The third kappa shape index (κ3) is 8.56. The minimum Gasteiger partial charge on any atom is -0.492 e. The number of benzene rings is 1. The summed E-state index contributed by atoms with van der Waals surface area (Å²) in [5.74, 6) is 1.08. The van der Waals surface area contributed by atoms with Crippen LogP contribution in [0.15, 0.2) is 42.6 Å². The predicted octanol–water partition coefficient (Wildman–Crippen LogP) is 7.22. The molecule has 2 aromatic rings. The molecular weight excluding hydrogens is 374 g/mol. The van der Waals surface area contributed by atoms with Gasteiger partial charge in [0.25, 0.3) is 0 Å². The summed E-state index contributed by atoms with van der Waals surface area (Å²) in [7, 11) is 0. The van der Waals surface area contributed by atoms with E-state index in [1.165, 1.54) is 44.9 Å². The number of ether oxygens (including phenoxy) is 2. The lowest BCUT2D eigenvalue weighted by Gasteiger charge is -2.10. The van der Waals surface area contributed by atoms with Crippen molar-refractivity contribution in [2.75, 3.05) is 6.61 Å². The molecule has 0 radical (unpaired) electrons. The van der Waals surface area contributed by atoms with Gasteiger partial charge >= 0.3 is 5.97 Å². The van der Waals surface area contributed by atoms with E-state index in [4.69, 9.17) is 9.47 Å². The van der Waals surface area contributed by atoms with Crippen LogP contribution >= 0.6 is 0 Å². The van der Waals surface area contributed by atoms with E-state index in [2.05, 4.69) is 11.9 Å². The van der Waals surface area contributed by atoms with Crippen LogP contribution in [0.5, 0.6) is 11.5 Å². The van der Waals surface area contributed by atoms with Gasteiger partial charge in [-0.05, 0) is 49.2 Å². The molecule has 0 aliphatic heterocycles. The molecule has 4 nitrogen and oxygen atoms in total. The van der Waals surface area contributed by atoms with Crippen molar-refractivity contribution >= 4 is 5.97 Å². The second-order valence-corrected chi connectivity index (χ2v) is 7.96. The standard InChI is InChI=1S/C26H37NO3/c1-4-6-7-8-9-10-11-12-19-29-24-17-18-25(27-20-24)22-13-15-23(16-14-22)30-26(28)21(3)5-2/h13-18,20-21H,4-12,19H2,1-3H3. The second-order valence-electron chi connectivity index (χ2n) is 7.96. The summed E-state index contributed by atoms with van der Waals surface area (Å²) >= 11 is 0. The van der Waals surface area contributed by atoms with Crippen LogP contribution in [-0.4, -0.2) is 17.6 Å². The maximum Gasteiger partial charge on any atom is 0.314 e. The third-order valence-electron chi connectivity index (χ3n) is 5.39. The van der Waals surface area contributed by atoms with Crippen molar-refractivity contribution in [2.45, 2.75) is 78.6 Å². The van der Waals surface area contributed by atoms with Gasteiger partial charge in [-0.3, -0.25) is 9.78 Å². The highest BCUT2D eigenvalue weighted by molar-refractivity contribution is 5.75. The number of rotatable bonds is 14. The number of pyridine rings is 1. The molecule has 0 spiro atoms. The first-order chi connectivity index (χ1) is 14.6. The Balaban J connectivity index is 1.71. The van der Waals surface area contributed by atoms with Crippen molar-refractivity contribution in [2.24, 2.45) is 5.92 Å². The van der Waals surface area contributed by atoms with Crippen molar-refractivity contribution < 1.29 is 14.3 Å². The van der Waals surface area contributed by atoms with Crippen molar-refractivity contribution in [3.8, 4) is 22.8 Å². The minimum absolute atomic E-state index is 0.0929. The number of carbonyl (C=O) groups is 1. The molecule has 0 saturated heterocycles. The Morgan fingerprint density at radius 2 is 1.50 bits per heavy atom. The molecule has 0 aliphatic carbocycles. The zero-order valence-corrected chi connectivity index (χ0v) is 18.9. The monoisotopic (exact) mass is 411 g/mol. The fourth-order valence-electron chi connectivity index (χ4n) is 3.14. The first kappa shape index (κ1) is 23.9. The second kappa shape index (κ2) is 13.8. The van der Waals surface area contributed by atoms with Crippen LogP contribution < -0.4 is 9.47 Å². The molecule has 0 aliphatic rings. The molecule has 30 heavy (non-hydrogen) atoms. The van der Waals surface area contributed by atoms with Gasteiger partial charge in [-0.15, -0.1) is 0 Å². The topological polar surface area (TPSA) is 48.4 Å². The van der Waals surface area contributed by atoms with Crippen molar-refractivity contribution in [3.63, 3.8) is 0 Å². The highest BCUT2D eigenvalue weighted by Gasteiger charge is 2.13. The van der Waals surface area contributed by atoms with Crippen LogP contribution in [0.25, 0.3) is 11.3 Å². The molecule has 164 valence electrons. The van der Waals surface area contributed by atoms with Gasteiger partial charge < -0.3 is 9.47 Å². The fourth-order valence-corrected chi connectivity index (χ4v) is 3.14. The van der Waals surface area contributed by atoms with Gasteiger partial charge in [0.05, 0.1) is 24.4 Å². The van der Waals surface area contributed by atoms with Gasteiger partial charge in [0, 0.05) is 5.56 Å². The number of nitrogens with zero attached hydrogens (tertiary/aromatic N) is 1. The van der Waals surface area contributed by atoms with Gasteiger partial charge in [0.1, 0.15) is 11.5 Å². The van der Waals surface area contributed by atoms with Gasteiger partial charge in [0.15, 0.2) is 0 Å². The average Bonchev–Trinajstić information content (AvgIpc) is 2.78. The summed E-state index contributed by atoms with van der Waals surface area (Å²) in [5, 5.41) is 0. The van der Waals surface area contributed by atoms with Crippen molar-refractivity contribution in [1.29, 1.82) is 0 Å². The van der Waals surface area contributed by atoms with Gasteiger partial charge in [-0.25, -0.2) is 0 Å².